The SMILES string of the molecule is C[C@@H]1CCCN(CC(=O)Nc2ccccc2I)C1. The second-order valence-electron chi connectivity index (χ2n) is 5.01. The Kier molecular flexibility index (Phi) is 5.00. The number of nitrogens with zero attached hydrogens (tertiary/aromatic N) is 1. The lowest BCUT2D eigenvalue weighted by molar-refractivity contribution is -0.117. The predicted octanol–water partition coefficient (Wildman–Crippen LogP) is 2.96. The van der Waals surface area contributed by atoms with Gasteiger partial charge in [-0.2, -0.15) is 0 Å². The molecule has 2 rings (SSSR count). The van der Waals surface area contributed by atoms with E-state index in [1.54, 1.807) is 0 Å². The van der Waals surface area contributed by atoms with E-state index in [2.05, 4.69) is 39.7 Å². The minimum Gasteiger partial charge on any atom is -0.324 e. The van der Waals surface area contributed by atoms with Gasteiger partial charge in [0.25, 0.3) is 0 Å². The van der Waals surface area contributed by atoms with Crippen LogP contribution >= 0.6 is 22.6 Å². The van der Waals surface area contributed by atoms with Gasteiger partial charge in [-0.25, -0.2) is 0 Å². The molecule has 1 amide bonds. The number of carbonyl (C=O) groups excluding carboxylic acids is 1. The van der Waals surface area contributed by atoms with E-state index >= 15 is 0 Å². The van der Waals surface area contributed by atoms with Crippen molar-refractivity contribution in [2.75, 3.05) is 25.0 Å². The van der Waals surface area contributed by atoms with Crippen LogP contribution in [0.2, 0.25) is 0 Å². The van der Waals surface area contributed by atoms with Crippen molar-refractivity contribution in [3.8, 4) is 0 Å². The summed E-state index contributed by atoms with van der Waals surface area (Å²) in [6.07, 6.45) is 2.49. The van der Waals surface area contributed by atoms with E-state index in [1.165, 1.54) is 12.8 Å². The lowest BCUT2D eigenvalue weighted by atomic mass is 10.0. The van der Waals surface area contributed by atoms with Crippen molar-refractivity contribution in [1.82, 2.24) is 4.90 Å². The highest BCUT2D eigenvalue weighted by Crippen LogP contribution is 2.18. The van der Waals surface area contributed by atoms with Gasteiger partial charge in [-0.3, -0.25) is 9.69 Å². The lowest BCUT2D eigenvalue weighted by Crippen LogP contribution is -2.39. The fraction of sp³-hybridized carbons (Fsp3) is 0.500. The molecule has 1 aromatic carbocycles. The van der Waals surface area contributed by atoms with E-state index in [4.69, 9.17) is 0 Å². The number of carbonyl (C=O) groups is 1. The number of benzene rings is 1. The molecule has 1 aromatic rings. The van der Waals surface area contributed by atoms with Crippen molar-refractivity contribution in [2.24, 2.45) is 5.92 Å². The van der Waals surface area contributed by atoms with Crippen LogP contribution in [0.3, 0.4) is 0 Å². The van der Waals surface area contributed by atoms with Crippen LogP contribution in [0.25, 0.3) is 0 Å². The summed E-state index contributed by atoms with van der Waals surface area (Å²) in [5.74, 6) is 0.802. The van der Waals surface area contributed by atoms with Gasteiger partial charge in [0.1, 0.15) is 0 Å². The topological polar surface area (TPSA) is 32.3 Å². The van der Waals surface area contributed by atoms with Gasteiger partial charge in [0, 0.05) is 10.1 Å². The van der Waals surface area contributed by atoms with Gasteiger partial charge in [0.15, 0.2) is 0 Å². The highest BCUT2D eigenvalue weighted by atomic mass is 127. The average Bonchev–Trinajstić information content (AvgIpc) is 2.32. The summed E-state index contributed by atoms with van der Waals surface area (Å²) >= 11 is 2.24. The molecule has 1 heterocycles. The summed E-state index contributed by atoms with van der Waals surface area (Å²) in [5, 5.41) is 2.98. The molecule has 18 heavy (non-hydrogen) atoms. The highest BCUT2D eigenvalue weighted by molar-refractivity contribution is 14.1. The molecule has 0 radical (unpaired) electrons. The van der Waals surface area contributed by atoms with E-state index in [1.807, 2.05) is 24.3 Å². The summed E-state index contributed by atoms with van der Waals surface area (Å²) < 4.78 is 1.08. The van der Waals surface area contributed by atoms with Crippen molar-refractivity contribution in [2.45, 2.75) is 19.8 Å². The molecule has 0 aliphatic carbocycles. The molecule has 0 unspecified atom stereocenters. The first-order valence-electron chi connectivity index (χ1n) is 6.42. The quantitative estimate of drug-likeness (QED) is 0.843. The zero-order valence-corrected chi connectivity index (χ0v) is 12.8. The standard InChI is InChI=1S/C14H19IN2O/c1-11-5-4-8-17(9-11)10-14(18)16-13-7-3-2-6-12(13)15/h2-3,6-7,11H,4-5,8-10H2,1H3,(H,16,18)/t11-/m1/s1. The van der Waals surface area contributed by atoms with Crippen molar-refractivity contribution in [3.63, 3.8) is 0 Å². The zero-order valence-electron chi connectivity index (χ0n) is 10.7. The number of halogens is 1. The van der Waals surface area contributed by atoms with E-state index in [0.29, 0.717) is 12.5 Å². The Morgan fingerprint density at radius 3 is 3.00 bits per heavy atom. The summed E-state index contributed by atoms with van der Waals surface area (Å²) in [6, 6.07) is 7.86. The monoisotopic (exact) mass is 358 g/mol. The van der Waals surface area contributed by atoms with Crippen molar-refractivity contribution < 1.29 is 4.79 Å². The van der Waals surface area contributed by atoms with Gasteiger partial charge in [0.2, 0.25) is 5.91 Å². The summed E-state index contributed by atoms with van der Waals surface area (Å²) in [4.78, 5) is 14.2. The molecular formula is C14H19IN2O. The number of rotatable bonds is 3. The average molecular weight is 358 g/mol. The molecular weight excluding hydrogens is 339 g/mol. The van der Waals surface area contributed by atoms with E-state index in [0.717, 1.165) is 22.3 Å². The molecule has 0 aromatic heterocycles. The Morgan fingerprint density at radius 2 is 2.28 bits per heavy atom. The third-order valence-corrected chi connectivity index (χ3v) is 4.20. The van der Waals surface area contributed by atoms with Crippen molar-refractivity contribution in [1.29, 1.82) is 0 Å². The van der Waals surface area contributed by atoms with E-state index in [-0.39, 0.29) is 5.91 Å². The molecule has 0 bridgehead atoms. The van der Waals surface area contributed by atoms with Crippen LogP contribution in [0.4, 0.5) is 5.69 Å². The van der Waals surface area contributed by atoms with Crippen molar-refractivity contribution >= 4 is 34.2 Å². The Balaban J connectivity index is 1.87. The molecule has 1 atom stereocenters. The zero-order chi connectivity index (χ0) is 13.0. The maximum atomic E-state index is 12.0. The smallest absolute Gasteiger partial charge is 0.238 e. The van der Waals surface area contributed by atoms with Crippen LogP contribution in [-0.4, -0.2) is 30.4 Å². The molecule has 98 valence electrons. The fourth-order valence-electron chi connectivity index (χ4n) is 2.39. The summed E-state index contributed by atoms with van der Waals surface area (Å²) in [6.45, 7) is 4.85. The number of nitrogens with one attached hydrogen (secondary N) is 1. The molecule has 1 aliphatic rings. The summed E-state index contributed by atoms with van der Waals surface area (Å²) in [5.41, 5.74) is 0.910. The number of piperidine rings is 1. The van der Waals surface area contributed by atoms with Gasteiger partial charge in [-0.15, -0.1) is 0 Å². The van der Waals surface area contributed by atoms with Crippen molar-refractivity contribution in [3.05, 3.63) is 27.8 Å². The minimum absolute atomic E-state index is 0.0909. The van der Waals surface area contributed by atoms with Gasteiger partial charge in [-0.05, 0) is 60.0 Å². The second kappa shape index (κ2) is 6.52. The number of hydrogen-bond donors (Lipinski definition) is 1. The van der Waals surface area contributed by atoms with Gasteiger partial charge in [-0.1, -0.05) is 19.1 Å². The van der Waals surface area contributed by atoms with E-state index in [9.17, 15) is 4.79 Å². The molecule has 3 nitrogen and oxygen atoms in total. The Morgan fingerprint density at radius 1 is 1.50 bits per heavy atom. The Bertz CT molecular complexity index is 422. The molecule has 0 saturated carbocycles. The minimum atomic E-state index is 0.0909. The predicted molar refractivity (Wildman–Crippen MR) is 82.6 cm³/mol. The largest absolute Gasteiger partial charge is 0.324 e. The maximum Gasteiger partial charge on any atom is 0.238 e. The van der Waals surface area contributed by atoms with Gasteiger partial charge in [0.05, 0.1) is 12.2 Å². The number of hydrogen-bond acceptors (Lipinski definition) is 2. The van der Waals surface area contributed by atoms with Crippen LogP contribution in [-0.2, 0) is 4.79 Å². The number of para-hydroxylation sites is 1. The third-order valence-electron chi connectivity index (χ3n) is 3.26. The second-order valence-corrected chi connectivity index (χ2v) is 6.17. The van der Waals surface area contributed by atoms with Gasteiger partial charge >= 0.3 is 0 Å². The normalized spacial score (nSPS) is 20.7. The lowest BCUT2D eigenvalue weighted by Gasteiger charge is -2.30. The first-order chi connectivity index (χ1) is 8.65. The molecule has 4 heteroatoms. The van der Waals surface area contributed by atoms with Crippen LogP contribution < -0.4 is 5.32 Å². The first-order valence-corrected chi connectivity index (χ1v) is 7.50. The number of anilines is 1. The number of likely N-dealkylation sites (tertiary alicyclic amines) is 1. The molecule has 1 N–H and O–H groups in total. The Labute approximate surface area is 122 Å². The van der Waals surface area contributed by atoms with Crippen LogP contribution in [0.15, 0.2) is 24.3 Å². The highest BCUT2D eigenvalue weighted by Gasteiger charge is 2.18. The molecule has 0 spiro atoms. The molecule has 1 saturated heterocycles. The van der Waals surface area contributed by atoms with Gasteiger partial charge < -0.3 is 5.32 Å². The molecule has 1 aliphatic heterocycles. The third kappa shape index (κ3) is 3.95. The van der Waals surface area contributed by atoms with Crippen LogP contribution in [0.5, 0.6) is 0 Å². The first kappa shape index (κ1) is 13.8. The van der Waals surface area contributed by atoms with Crippen LogP contribution in [0, 0.1) is 9.49 Å². The van der Waals surface area contributed by atoms with Crippen LogP contribution in [0.1, 0.15) is 19.8 Å². The van der Waals surface area contributed by atoms with E-state index < -0.39 is 0 Å². The number of amides is 1. The summed E-state index contributed by atoms with van der Waals surface area (Å²) in [7, 11) is 0. The Hall–Kier alpha value is -0.620. The fourth-order valence-corrected chi connectivity index (χ4v) is 2.91. The molecule has 1 fully saturated rings. The maximum absolute atomic E-state index is 12.0.